The van der Waals surface area contributed by atoms with E-state index < -0.39 is 5.54 Å². The third-order valence-corrected chi connectivity index (χ3v) is 3.32. The summed E-state index contributed by atoms with van der Waals surface area (Å²) in [7, 11) is 1.39. The first-order valence-corrected chi connectivity index (χ1v) is 6.44. The zero-order valence-electron chi connectivity index (χ0n) is 11.7. The molecule has 0 bridgehead atoms. The molecule has 0 amide bonds. The maximum absolute atomic E-state index is 12.1. The van der Waals surface area contributed by atoms with E-state index in [9.17, 15) is 4.79 Å². The highest BCUT2D eigenvalue weighted by Crippen LogP contribution is 2.22. The van der Waals surface area contributed by atoms with E-state index in [0.717, 1.165) is 11.1 Å². The Bertz CT molecular complexity index is 557. The molecule has 1 unspecified atom stereocenters. The minimum Gasteiger partial charge on any atom is -0.467 e. The Morgan fingerprint density at radius 3 is 2.60 bits per heavy atom. The van der Waals surface area contributed by atoms with Gasteiger partial charge in [-0.1, -0.05) is 36.4 Å². The van der Waals surface area contributed by atoms with Gasteiger partial charge in [-0.25, -0.2) is 4.79 Å². The van der Waals surface area contributed by atoms with Gasteiger partial charge >= 0.3 is 5.97 Å². The van der Waals surface area contributed by atoms with E-state index in [1.807, 2.05) is 36.4 Å². The number of hydrogen-bond acceptors (Lipinski definition) is 4. The van der Waals surface area contributed by atoms with E-state index in [0.29, 0.717) is 6.54 Å². The van der Waals surface area contributed by atoms with Crippen LogP contribution in [0, 0.1) is 0 Å². The number of rotatable bonds is 5. The molecular formula is C16H18N2O2. The number of ether oxygens (including phenoxy) is 1. The van der Waals surface area contributed by atoms with E-state index >= 15 is 0 Å². The molecule has 0 aliphatic carbocycles. The van der Waals surface area contributed by atoms with Crippen molar-refractivity contribution in [2.45, 2.75) is 19.0 Å². The predicted molar refractivity (Wildman–Crippen MR) is 76.9 cm³/mol. The molecule has 1 heterocycles. The third-order valence-electron chi connectivity index (χ3n) is 3.32. The van der Waals surface area contributed by atoms with Crippen LogP contribution in [0.3, 0.4) is 0 Å². The minimum absolute atomic E-state index is 0.332. The van der Waals surface area contributed by atoms with Gasteiger partial charge in [0.25, 0.3) is 0 Å². The molecular weight excluding hydrogens is 252 g/mol. The fourth-order valence-electron chi connectivity index (χ4n) is 2.03. The maximum atomic E-state index is 12.1. The van der Waals surface area contributed by atoms with Gasteiger partial charge in [0.2, 0.25) is 0 Å². The molecule has 0 fully saturated rings. The Hall–Kier alpha value is -2.20. The summed E-state index contributed by atoms with van der Waals surface area (Å²) in [6.45, 7) is 2.38. The summed E-state index contributed by atoms with van der Waals surface area (Å²) in [5.74, 6) is -0.332. The maximum Gasteiger partial charge on any atom is 0.330 e. The van der Waals surface area contributed by atoms with Crippen molar-refractivity contribution in [1.82, 2.24) is 10.3 Å². The first-order chi connectivity index (χ1) is 9.66. The van der Waals surface area contributed by atoms with Gasteiger partial charge in [-0.3, -0.25) is 10.3 Å². The molecule has 0 saturated carbocycles. The Balaban J connectivity index is 2.22. The molecule has 0 aliphatic heterocycles. The number of hydrogen-bond donors (Lipinski definition) is 1. The van der Waals surface area contributed by atoms with Crippen LogP contribution < -0.4 is 5.32 Å². The van der Waals surface area contributed by atoms with Crippen molar-refractivity contribution in [2.75, 3.05) is 7.11 Å². The van der Waals surface area contributed by atoms with Crippen LogP contribution in [0.2, 0.25) is 0 Å². The second-order valence-electron chi connectivity index (χ2n) is 4.70. The number of nitrogens with zero attached hydrogens (tertiary/aromatic N) is 1. The van der Waals surface area contributed by atoms with E-state index in [4.69, 9.17) is 4.74 Å². The summed E-state index contributed by atoms with van der Waals surface area (Å²) in [4.78, 5) is 16.2. The number of benzene rings is 1. The first kappa shape index (κ1) is 14.2. The quantitative estimate of drug-likeness (QED) is 0.847. The zero-order chi connectivity index (χ0) is 14.4. The van der Waals surface area contributed by atoms with Crippen molar-refractivity contribution in [3.8, 4) is 0 Å². The normalized spacial score (nSPS) is 13.5. The molecule has 2 aromatic rings. The van der Waals surface area contributed by atoms with E-state index in [-0.39, 0.29) is 5.97 Å². The van der Waals surface area contributed by atoms with Crippen molar-refractivity contribution in [1.29, 1.82) is 0 Å². The van der Waals surface area contributed by atoms with Crippen molar-refractivity contribution in [3.63, 3.8) is 0 Å². The fraction of sp³-hybridized carbons (Fsp3) is 0.250. The van der Waals surface area contributed by atoms with Gasteiger partial charge in [0.15, 0.2) is 0 Å². The van der Waals surface area contributed by atoms with Crippen molar-refractivity contribution < 1.29 is 9.53 Å². The topological polar surface area (TPSA) is 51.2 Å². The average Bonchev–Trinajstić information content (AvgIpc) is 2.53. The number of methoxy groups -OCH3 is 1. The van der Waals surface area contributed by atoms with Crippen molar-refractivity contribution in [3.05, 3.63) is 66.0 Å². The molecule has 0 spiro atoms. The van der Waals surface area contributed by atoms with Crippen LogP contribution >= 0.6 is 0 Å². The van der Waals surface area contributed by atoms with Gasteiger partial charge in [-0.05, 0) is 18.6 Å². The first-order valence-electron chi connectivity index (χ1n) is 6.44. The van der Waals surface area contributed by atoms with Gasteiger partial charge in [0.1, 0.15) is 5.54 Å². The minimum atomic E-state index is -0.918. The summed E-state index contributed by atoms with van der Waals surface area (Å²) >= 11 is 0. The number of carbonyl (C=O) groups excluding carboxylic acids is 1. The van der Waals surface area contributed by atoms with E-state index in [1.165, 1.54) is 7.11 Å². The Kier molecular flexibility index (Phi) is 4.48. The van der Waals surface area contributed by atoms with Crippen molar-refractivity contribution >= 4 is 5.97 Å². The number of nitrogens with one attached hydrogen (secondary N) is 1. The lowest BCUT2D eigenvalue weighted by Crippen LogP contribution is -2.47. The van der Waals surface area contributed by atoms with E-state index in [1.54, 1.807) is 25.4 Å². The second kappa shape index (κ2) is 6.30. The highest BCUT2D eigenvalue weighted by molar-refractivity contribution is 5.81. The van der Waals surface area contributed by atoms with Gasteiger partial charge in [0.05, 0.1) is 7.11 Å². The van der Waals surface area contributed by atoms with E-state index in [2.05, 4.69) is 10.3 Å². The Labute approximate surface area is 118 Å². The second-order valence-corrected chi connectivity index (χ2v) is 4.70. The zero-order valence-corrected chi connectivity index (χ0v) is 11.7. The van der Waals surface area contributed by atoms with Crippen molar-refractivity contribution in [2.24, 2.45) is 0 Å². The molecule has 2 rings (SSSR count). The van der Waals surface area contributed by atoms with Crippen LogP contribution in [-0.2, 0) is 21.6 Å². The smallest absolute Gasteiger partial charge is 0.330 e. The predicted octanol–water partition coefficient (Wildman–Crippen LogP) is 2.26. The summed E-state index contributed by atoms with van der Waals surface area (Å²) in [6, 6.07) is 13.6. The molecule has 1 aromatic heterocycles. The summed E-state index contributed by atoms with van der Waals surface area (Å²) in [5, 5.41) is 3.26. The van der Waals surface area contributed by atoms with Gasteiger partial charge in [-0.15, -0.1) is 0 Å². The monoisotopic (exact) mass is 270 g/mol. The van der Waals surface area contributed by atoms with Crippen LogP contribution in [0.5, 0.6) is 0 Å². The molecule has 1 aromatic carbocycles. The molecule has 0 radical (unpaired) electrons. The van der Waals surface area contributed by atoms with Gasteiger partial charge in [0, 0.05) is 24.5 Å². The molecule has 4 nitrogen and oxygen atoms in total. The summed E-state index contributed by atoms with van der Waals surface area (Å²) in [5.41, 5.74) is 0.966. The van der Waals surface area contributed by atoms with Crippen LogP contribution in [0.1, 0.15) is 18.1 Å². The standard InChI is InChI=1S/C16H18N2O2/c1-16(15(19)20-2,14-9-6-10-17-12-14)18-11-13-7-4-3-5-8-13/h3-10,12,18H,11H2,1-2H3. The number of esters is 1. The third kappa shape index (κ3) is 3.03. The van der Waals surface area contributed by atoms with Gasteiger partial charge < -0.3 is 4.74 Å². The molecule has 4 heteroatoms. The average molecular weight is 270 g/mol. The lowest BCUT2D eigenvalue weighted by atomic mass is 9.93. The van der Waals surface area contributed by atoms with Crippen LogP contribution in [-0.4, -0.2) is 18.1 Å². The van der Waals surface area contributed by atoms with Crippen LogP contribution in [0.15, 0.2) is 54.9 Å². The molecule has 1 N–H and O–H groups in total. The summed E-state index contributed by atoms with van der Waals surface area (Å²) < 4.78 is 4.93. The largest absolute Gasteiger partial charge is 0.467 e. The van der Waals surface area contributed by atoms with Crippen LogP contribution in [0.25, 0.3) is 0 Å². The molecule has 20 heavy (non-hydrogen) atoms. The Morgan fingerprint density at radius 2 is 2.00 bits per heavy atom. The SMILES string of the molecule is COC(=O)C(C)(NCc1ccccc1)c1cccnc1. The highest BCUT2D eigenvalue weighted by Gasteiger charge is 2.36. The fourth-order valence-corrected chi connectivity index (χ4v) is 2.03. The number of carbonyl (C=O) groups is 1. The number of aromatic nitrogens is 1. The number of pyridine rings is 1. The lowest BCUT2D eigenvalue weighted by Gasteiger charge is -2.28. The molecule has 0 aliphatic rings. The molecule has 104 valence electrons. The summed E-state index contributed by atoms with van der Waals surface area (Å²) in [6.07, 6.45) is 3.35. The molecule has 0 saturated heterocycles. The molecule has 1 atom stereocenters. The van der Waals surface area contributed by atoms with Gasteiger partial charge in [-0.2, -0.15) is 0 Å². The lowest BCUT2D eigenvalue weighted by molar-refractivity contribution is -0.148. The van der Waals surface area contributed by atoms with Crippen LogP contribution in [0.4, 0.5) is 0 Å². The highest BCUT2D eigenvalue weighted by atomic mass is 16.5. The Morgan fingerprint density at radius 1 is 1.25 bits per heavy atom.